The van der Waals surface area contributed by atoms with Crippen LogP contribution < -0.4 is 11.1 Å². The number of aromatic nitrogens is 1. The van der Waals surface area contributed by atoms with Crippen molar-refractivity contribution in [2.24, 2.45) is 0 Å². The maximum Gasteiger partial charge on any atom is 0.272 e. The van der Waals surface area contributed by atoms with Crippen LogP contribution in [0.4, 0.5) is 15.8 Å². The van der Waals surface area contributed by atoms with E-state index < -0.39 is 5.82 Å². The number of nitrogens with one attached hydrogen (secondary N) is 1. The van der Waals surface area contributed by atoms with Gasteiger partial charge in [0, 0.05) is 22.4 Å². The van der Waals surface area contributed by atoms with Crippen molar-refractivity contribution >= 4 is 33.2 Å². The lowest BCUT2D eigenvalue weighted by Gasteiger charge is -2.13. The van der Waals surface area contributed by atoms with Crippen LogP contribution in [0.1, 0.15) is 30.4 Å². The van der Waals surface area contributed by atoms with Gasteiger partial charge in [0.05, 0.1) is 5.69 Å². The van der Waals surface area contributed by atoms with Gasteiger partial charge in [0.1, 0.15) is 11.5 Å². The Labute approximate surface area is 124 Å². The van der Waals surface area contributed by atoms with E-state index in [-0.39, 0.29) is 17.6 Å². The van der Waals surface area contributed by atoms with E-state index in [0.29, 0.717) is 11.4 Å². The summed E-state index contributed by atoms with van der Waals surface area (Å²) in [5.41, 5.74) is 6.46. The van der Waals surface area contributed by atoms with E-state index in [9.17, 15) is 9.18 Å². The van der Waals surface area contributed by atoms with Gasteiger partial charge in [0.2, 0.25) is 0 Å². The van der Waals surface area contributed by atoms with Crippen molar-refractivity contribution in [3.8, 4) is 0 Å². The third-order valence-electron chi connectivity index (χ3n) is 2.86. The number of amides is 1. The normalized spacial score (nSPS) is 10.8. The van der Waals surface area contributed by atoms with Crippen LogP contribution in [0.15, 0.2) is 34.9 Å². The number of hydrogen-bond donors (Lipinski definition) is 2. The van der Waals surface area contributed by atoms with Gasteiger partial charge in [-0.2, -0.15) is 0 Å². The second-order valence-electron chi connectivity index (χ2n) is 4.73. The monoisotopic (exact) mass is 339 g/mol. The summed E-state index contributed by atoms with van der Waals surface area (Å²) in [4.78, 5) is 12.3. The number of carbonyl (C=O) groups excluding carboxylic acids is 1. The van der Waals surface area contributed by atoms with Gasteiger partial charge < -0.3 is 15.6 Å². The minimum Gasteiger partial charge on any atom is -0.396 e. The van der Waals surface area contributed by atoms with Crippen LogP contribution in [-0.2, 0) is 0 Å². The van der Waals surface area contributed by atoms with Gasteiger partial charge in [-0.3, -0.25) is 4.79 Å². The molecule has 0 unspecified atom stereocenters. The molecule has 0 aliphatic rings. The molecule has 0 radical (unpaired) electrons. The van der Waals surface area contributed by atoms with Crippen LogP contribution in [0.25, 0.3) is 0 Å². The van der Waals surface area contributed by atoms with Crippen LogP contribution in [0, 0.1) is 5.82 Å². The number of nitrogens with two attached hydrogens (primary N) is 1. The molecule has 20 heavy (non-hydrogen) atoms. The van der Waals surface area contributed by atoms with Crippen LogP contribution in [0.3, 0.4) is 0 Å². The highest BCUT2D eigenvalue weighted by molar-refractivity contribution is 9.10. The standard InChI is InChI=1S/C14H15BrFN3O/c1-8(2)19-7-9(15)5-13(19)14(20)18-10-3-4-11(16)12(17)6-10/h3-8H,17H2,1-2H3,(H,18,20). The van der Waals surface area contributed by atoms with E-state index in [4.69, 9.17) is 5.73 Å². The van der Waals surface area contributed by atoms with Gasteiger partial charge in [0.15, 0.2) is 0 Å². The molecule has 1 amide bonds. The van der Waals surface area contributed by atoms with Gasteiger partial charge in [0.25, 0.3) is 5.91 Å². The molecule has 0 atom stereocenters. The molecule has 0 saturated heterocycles. The molecule has 1 aromatic carbocycles. The zero-order valence-corrected chi connectivity index (χ0v) is 12.7. The van der Waals surface area contributed by atoms with Crippen molar-refractivity contribution in [3.05, 3.63) is 46.4 Å². The van der Waals surface area contributed by atoms with Crippen molar-refractivity contribution in [2.45, 2.75) is 19.9 Å². The fraction of sp³-hybridized carbons (Fsp3) is 0.214. The molecule has 3 N–H and O–H groups in total. The molecule has 0 aliphatic heterocycles. The van der Waals surface area contributed by atoms with Crippen LogP contribution in [-0.4, -0.2) is 10.5 Å². The molecule has 0 fully saturated rings. The highest BCUT2D eigenvalue weighted by Gasteiger charge is 2.15. The Morgan fingerprint density at radius 2 is 2.10 bits per heavy atom. The highest BCUT2D eigenvalue weighted by atomic mass is 79.9. The molecular formula is C14H15BrFN3O. The lowest BCUT2D eigenvalue weighted by atomic mass is 10.2. The van der Waals surface area contributed by atoms with Gasteiger partial charge in [-0.1, -0.05) is 0 Å². The minimum absolute atomic E-state index is 0.00298. The second-order valence-corrected chi connectivity index (χ2v) is 5.65. The first kappa shape index (κ1) is 14.6. The fourth-order valence-corrected chi connectivity index (χ4v) is 2.31. The first-order valence-electron chi connectivity index (χ1n) is 6.12. The average Bonchev–Trinajstić information content (AvgIpc) is 2.76. The van der Waals surface area contributed by atoms with E-state index in [1.165, 1.54) is 18.2 Å². The van der Waals surface area contributed by atoms with Gasteiger partial charge >= 0.3 is 0 Å². The molecule has 0 saturated carbocycles. The second kappa shape index (κ2) is 5.66. The molecule has 4 nitrogen and oxygen atoms in total. The number of anilines is 2. The Hall–Kier alpha value is -1.82. The lowest BCUT2D eigenvalue weighted by Crippen LogP contribution is -2.17. The topological polar surface area (TPSA) is 60.0 Å². The van der Waals surface area contributed by atoms with E-state index >= 15 is 0 Å². The quantitative estimate of drug-likeness (QED) is 0.835. The zero-order chi connectivity index (χ0) is 14.9. The van der Waals surface area contributed by atoms with Crippen molar-refractivity contribution in [1.82, 2.24) is 4.57 Å². The number of carbonyl (C=O) groups is 1. The predicted molar refractivity (Wildman–Crippen MR) is 81.3 cm³/mol. The van der Waals surface area contributed by atoms with Crippen molar-refractivity contribution in [3.63, 3.8) is 0 Å². The molecule has 0 spiro atoms. The highest BCUT2D eigenvalue weighted by Crippen LogP contribution is 2.22. The summed E-state index contributed by atoms with van der Waals surface area (Å²) in [5.74, 6) is -0.772. The molecule has 0 aliphatic carbocycles. The third kappa shape index (κ3) is 3.01. The Morgan fingerprint density at radius 3 is 2.70 bits per heavy atom. The summed E-state index contributed by atoms with van der Waals surface area (Å²) in [6.07, 6.45) is 1.85. The molecule has 1 heterocycles. The molecule has 2 aromatic rings. The smallest absolute Gasteiger partial charge is 0.272 e. The predicted octanol–water partition coefficient (Wildman–Crippen LogP) is 3.81. The van der Waals surface area contributed by atoms with Gasteiger partial charge in [-0.25, -0.2) is 4.39 Å². The first-order chi connectivity index (χ1) is 9.38. The van der Waals surface area contributed by atoms with E-state index in [1.54, 1.807) is 6.07 Å². The Morgan fingerprint density at radius 1 is 1.40 bits per heavy atom. The molecule has 6 heteroatoms. The Bertz CT molecular complexity index is 652. The van der Waals surface area contributed by atoms with Crippen LogP contribution in [0.2, 0.25) is 0 Å². The van der Waals surface area contributed by atoms with Crippen molar-refractivity contribution in [1.29, 1.82) is 0 Å². The molecule has 2 rings (SSSR count). The molecular weight excluding hydrogens is 325 g/mol. The maximum absolute atomic E-state index is 13.1. The fourth-order valence-electron chi connectivity index (χ4n) is 1.87. The molecule has 0 bridgehead atoms. The minimum atomic E-state index is -0.503. The van der Waals surface area contributed by atoms with E-state index in [0.717, 1.165) is 4.47 Å². The number of nitrogens with zero attached hydrogens (tertiary/aromatic N) is 1. The number of rotatable bonds is 3. The number of hydrogen-bond acceptors (Lipinski definition) is 2. The summed E-state index contributed by atoms with van der Waals surface area (Å²) >= 11 is 3.36. The van der Waals surface area contributed by atoms with E-state index in [2.05, 4.69) is 21.2 Å². The number of nitrogen functional groups attached to an aromatic ring is 1. The summed E-state index contributed by atoms with van der Waals surface area (Å²) in [6, 6.07) is 5.98. The summed E-state index contributed by atoms with van der Waals surface area (Å²) in [7, 11) is 0. The summed E-state index contributed by atoms with van der Waals surface area (Å²) in [6.45, 7) is 3.97. The van der Waals surface area contributed by atoms with Crippen LogP contribution in [0.5, 0.6) is 0 Å². The van der Waals surface area contributed by atoms with E-state index in [1.807, 2.05) is 24.6 Å². The lowest BCUT2D eigenvalue weighted by molar-refractivity contribution is 0.101. The average molecular weight is 340 g/mol. The Balaban J connectivity index is 2.26. The third-order valence-corrected chi connectivity index (χ3v) is 3.29. The maximum atomic E-state index is 13.1. The van der Waals surface area contributed by atoms with Crippen LogP contribution >= 0.6 is 15.9 Å². The number of halogens is 2. The molecule has 1 aromatic heterocycles. The van der Waals surface area contributed by atoms with Crippen molar-refractivity contribution in [2.75, 3.05) is 11.1 Å². The first-order valence-corrected chi connectivity index (χ1v) is 6.91. The van der Waals surface area contributed by atoms with Crippen molar-refractivity contribution < 1.29 is 9.18 Å². The SMILES string of the molecule is CC(C)n1cc(Br)cc1C(=O)Nc1ccc(F)c(N)c1. The summed E-state index contributed by atoms with van der Waals surface area (Å²) in [5, 5.41) is 2.71. The summed E-state index contributed by atoms with van der Waals surface area (Å²) < 4.78 is 15.8. The zero-order valence-electron chi connectivity index (χ0n) is 11.2. The largest absolute Gasteiger partial charge is 0.396 e. The van der Waals surface area contributed by atoms with Gasteiger partial charge in [-0.15, -0.1) is 0 Å². The number of benzene rings is 1. The van der Waals surface area contributed by atoms with Gasteiger partial charge in [-0.05, 0) is 54.0 Å². The molecule has 106 valence electrons. The Kier molecular flexibility index (Phi) is 4.13.